The van der Waals surface area contributed by atoms with E-state index in [-0.39, 0.29) is 0 Å². The van der Waals surface area contributed by atoms with Crippen molar-refractivity contribution in [3.8, 4) is 0 Å². The number of rotatable bonds is 5. The fourth-order valence-electron chi connectivity index (χ4n) is 2.27. The van der Waals surface area contributed by atoms with Crippen LogP contribution in [0.25, 0.3) is 0 Å². The Balaban J connectivity index is 1.73. The molecule has 0 aliphatic heterocycles. The first-order valence-electron chi connectivity index (χ1n) is 6.62. The Morgan fingerprint density at radius 1 is 1.50 bits per heavy atom. The fraction of sp³-hybridized carbons (Fsp3) is 0.500. The van der Waals surface area contributed by atoms with Crippen LogP contribution in [0.1, 0.15) is 41.9 Å². The first-order chi connectivity index (χ1) is 8.78. The smallest absolute Gasteiger partial charge is 0.203 e. The molecule has 96 valence electrons. The molecule has 0 spiro atoms. The van der Waals surface area contributed by atoms with Crippen LogP contribution in [-0.4, -0.2) is 9.55 Å². The molecule has 3 rings (SSSR count). The average molecular weight is 261 g/mol. The first kappa shape index (κ1) is 11.8. The summed E-state index contributed by atoms with van der Waals surface area (Å²) in [6.45, 7) is 5.16. The summed E-state index contributed by atoms with van der Waals surface area (Å²) < 4.78 is 2.30. The van der Waals surface area contributed by atoms with Gasteiger partial charge < -0.3 is 9.88 Å². The summed E-state index contributed by atoms with van der Waals surface area (Å²) >= 11 is 1.83. The highest BCUT2D eigenvalue weighted by Gasteiger charge is 2.26. The Labute approximate surface area is 112 Å². The third-order valence-electron chi connectivity index (χ3n) is 3.42. The van der Waals surface area contributed by atoms with E-state index in [9.17, 15) is 0 Å². The highest BCUT2D eigenvalue weighted by atomic mass is 32.1. The van der Waals surface area contributed by atoms with E-state index in [0.717, 1.165) is 24.6 Å². The highest BCUT2D eigenvalue weighted by Crippen LogP contribution is 2.37. The standard InChI is InChI=1S/C14H19N3S/c1-3-11-6-7-18-13(11)8-15-14-16-10(2)9-17(14)12-4-5-12/h6-7,9,12H,3-5,8H2,1-2H3,(H,15,16). The molecule has 1 N–H and O–H groups in total. The molecule has 4 heteroatoms. The first-order valence-corrected chi connectivity index (χ1v) is 7.50. The predicted octanol–water partition coefficient (Wildman–Crippen LogP) is 3.76. The molecule has 0 amide bonds. The maximum absolute atomic E-state index is 4.58. The normalized spacial score (nSPS) is 15.0. The van der Waals surface area contributed by atoms with Crippen molar-refractivity contribution in [3.05, 3.63) is 33.8 Å². The SMILES string of the molecule is CCc1ccsc1CNc1nc(C)cn1C1CC1. The number of aromatic nitrogens is 2. The van der Waals surface area contributed by atoms with Gasteiger partial charge in [-0.3, -0.25) is 0 Å². The van der Waals surface area contributed by atoms with E-state index in [1.807, 2.05) is 11.3 Å². The van der Waals surface area contributed by atoms with Crippen LogP contribution in [-0.2, 0) is 13.0 Å². The third kappa shape index (κ3) is 2.29. The van der Waals surface area contributed by atoms with E-state index < -0.39 is 0 Å². The van der Waals surface area contributed by atoms with Gasteiger partial charge in [-0.1, -0.05) is 6.92 Å². The predicted molar refractivity (Wildman–Crippen MR) is 76.3 cm³/mol. The zero-order valence-electron chi connectivity index (χ0n) is 10.9. The Bertz CT molecular complexity index is 537. The number of hydrogen-bond donors (Lipinski definition) is 1. The zero-order valence-corrected chi connectivity index (χ0v) is 11.8. The summed E-state index contributed by atoms with van der Waals surface area (Å²) in [6, 6.07) is 2.91. The quantitative estimate of drug-likeness (QED) is 0.888. The molecule has 0 unspecified atom stereocenters. The number of nitrogens with one attached hydrogen (secondary N) is 1. The number of nitrogens with zero attached hydrogens (tertiary/aromatic N) is 2. The van der Waals surface area contributed by atoms with Gasteiger partial charge in [0.25, 0.3) is 0 Å². The summed E-state index contributed by atoms with van der Waals surface area (Å²) in [7, 11) is 0. The summed E-state index contributed by atoms with van der Waals surface area (Å²) in [5.74, 6) is 1.03. The van der Waals surface area contributed by atoms with Gasteiger partial charge in [-0.15, -0.1) is 11.3 Å². The highest BCUT2D eigenvalue weighted by molar-refractivity contribution is 7.10. The molecule has 1 aliphatic carbocycles. The minimum absolute atomic E-state index is 0.683. The lowest BCUT2D eigenvalue weighted by Crippen LogP contribution is -2.06. The molecular formula is C14H19N3S. The third-order valence-corrected chi connectivity index (χ3v) is 4.38. The van der Waals surface area contributed by atoms with Crippen molar-refractivity contribution >= 4 is 17.3 Å². The lowest BCUT2D eigenvalue weighted by Gasteiger charge is -2.08. The van der Waals surface area contributed by atoms with Crippen LogP contribution < -0.4 is 5.32 Å². The summed E-state index contributed by atoms with van der Waals surface area (Å²) in [6.07, 6.45) is 5.86. The second-order valence-corrected chi connectivity index (χ2v) is 5.92. The van der Waals surface area contributed by atoms with Crippen LogP contribution in [0.3, 0.4) is 0 Å². The summed E-state index contributed by atoms with van der Waals surface area (Å²) in [4.78, 5) is 6.01. The Morgan fingerprint density at radius 2 is 2.33 bits per heavy atom. The second-order valence-electron chi connectivity index (χ2n) is 4.92. The van der Waals surface area contributed by atoms with Crippen LogP contribution in [0.5, 0.6) is 0 Å². The minimum Gasteiger partial charge on any atom is -0.351 e. The topological polar surface area (TPSA) is 29.9 Å². The van der Waals surface area contributed by atoms with E-state index in [4.69, 9.17) is 0 Å². The Kier molecular flexibility index (Phi) is 3.12. The number of aryl methyl sites for hydroxylation is 2. The van der Waals surface area contributed by atoms with Crippen molar-refractivity contribution < 1.29 is 0 Å². The average Bonchev–Trinajstić information content (AvgIpc) is 2.99. The zero-order chi connectivity index (χ0) is 12.5. The van der Waals surface area contributed by atoms with Crippen molar-refractivity contribution in [2.24, 2.45) is 0 Å². The molecule has 0 saturated heterocycles. The number of thiophene rings is 1. The molecular weight excluding hydrogens is 242 g/mol. The van der Waals surface area contributed by atoms with E-state index in [1.54, 1.807) is 0 Å². The molecule has 1 aliphatic rings. The lowest BCUT2D eigenvalue weighted by atomic mass is 10.2. The number of anilines is 1. The van der Waals surface area contributed by atoms with Crippen LogP contribution >= 0.6 is 11.3 Å². The molecule has 0 bridgehead atoms. The molecule has 0 aromatic carbocycles. The van der Waals surface area contributed by atoms with Gasteiger partial charge in [0.2, 0.25) is 5.95 Å². The molecule has 1 saturated carbocycles. The molecule has 0 radical (unpaired) electrons. The van der Waals surface area contributed by atoms with Crippen LogP contribution in [0.4, 0.5) is 5.95 Å². The van der Waals surface area contributed by atoms with Gasteiger partial charge in [-0.25, -0.2) is 4.98 Å². The largest absolute Gasteiger partial charge is 0.351 e. The molecule has 1 fully saturated rings. The van der Waals surface area contributed by atoms with Crippen molar-refractivity contribution in [1.82, 2.24) is 9.55 Å². The number of hydrogen-bond acceptors (Lipinski definition) is 3. The van der Waals surface area contributed by atoms with Crippen LogP contribution in [0.2, 0.25) is 0 Å². The summed E-state index contributed by atoms with van der Waals surface area (Å²) in [5.41, 5.74) is 2.56. The van der Waals surface area contributed by atoms with Crippen molar-refractivity contribution in [3.63, 3.8) is 0 Å². The molecule has 2 aromatic rings. The lowest BCUT2D eigenvalue weighted by molar-refractivity contribution is 0.743. The molecule has 3 nitrogen and oxygen atoms in total. The van der Waals surface area contributed by atoms with Gasteiger partial charge in [0, 0.05) is 17.1 Å². The van der Waals surface area contributed by atoms with Crippen molar-refractivity contribution in [2.75, 3.05) is 5.32 Å². The Morgan fingerprint density at radius 3 is 3.06 bits per heavy atom. The van der Waals surface area contributed by atoms with E-state index >= 15 is 0 Å². The minimum atomic E-state index is 0.683. The Hall–Kier alpha value is -1.29. The van der Waals surface area contributed by atoms with Gasteiger partial charge in [-0.2, -0.15) is 0 Å². The number of imidazole rings is 1. The van der Waals surface area contributed by atoms with Crippen LogP contribution in [0.15, 0.2) is 17.6 Å². The second kappa shape index (κ2) is 4.76. The maximum Gasteiger partial charge on any atom is 0.203 e. The van der Waals surface area contributed by atoms with E-state index in [1.165, 1.54) is 23.3 Å². The molecule has 18 heavy (non-hydrogen) atoms. The van der Waals surface area contributed by atoms with Crippen molar-refractivity contribution in [2.45, 2.75) is 45.7 Å². The monoisotopic (exact) mass is 261 g/mol. The van der Waals surface area contributed by atoms with Gasteiger partial charge in [0.1, 0.15) is 0 Å². The van der Waals surface area contributed by atoms with Crippen LogP contribution in [0, 0.1) is 6.92 Å². The fourth-order valence-corrected chi connectivity index (χ4v) is 3.19. The van der Waals surface area contributed by atoms with E-state index in [2.05, 4.69) is 46.4 Å². The van der Waals surface area contributed by atoms with Gasteiger partial charge in [0.15, 0.2) is 0 Å². The van der Waals surface area contributed by atoms with Crippen molar-refractivity contribution in [1.29, 1.82) is 0 Å². The van der Waals surface area contributed by atoms with Gasteiger partial charge in [-0.05, 0) is 43.2 Å². The molecule has 0 atom stereocenters. The molecule has 2 heterocycles. The van der Waals surface area contributed by atoms with E-state index in [0.29, 0.717) is 6.04 Å². The molecule has 2 aromatic heterocycles. The maximum atomic E-state index is 4.58. The summed E-state index contributed by atoms with van der Waals surface area (Å²) in [5, 5.41) is 5.67. The van der Waals surface area contributed by atoms with Gasteiger partial charge >= 0.3 is 0 Å². The van der Waals surface area contributed by atoms with Gasteiger partial charge in [0.05, 0.1) is 12.2 Å².